The number of Topliss-reactive ketones (excluding diaryl/α,β-unsaturated/α-hetero) is 1. The van der Waals surface area contributed by atoms with Crippen LogP contribution in [0, 0.1) is 5.41 Å². The third-order valence-electron chi connectivity index (χ3n) is 5.52. The lowest BCUT2D eigenvalue weighted by Gasteiger charge is -2.37. The summed E-state index contributed by atoms with van der Waals surface area (Å²) in [5.41, 5.74) is 3.39. The molecule has 150 valence electrons. The second kappa shape index (κ2) is 7.19. The maximum Gasteiger partial charge on any atom is 0.224 e. The molecule has 1 amide bonds. The molecule has 4 rings (SSSR count). The van der Waals surface area contributed by atoms with Crippen molar-refractivity contribution < 1.29 is 9.59 Å². The lowest BCUT2D eigenvalue weighted by Crippen LogP contribution is -2.38. The van der Waals surface area contributed by atoms with Gasteiger partial charge in [-0.05, 0) is 35.6 Å². The summed E-state index contributed by atoms with van der Waals surface area (Å²) in [7, 11) is 0. The number of carbonyl (C=O) groups excluding carboxylic acids is 2. The molecule has 0 fully saturated rings. The smallest absolute Gasteiger partial charge is 0.224 e. The van der Waals surface area contributed by atoms with E-state index in [1.807, 2.05) is 30.3 Å². The van der Waals surface area contributed by atoms with E-state index < -0.39 is 6.04 Å². The molecule has 1 heterocycles. The highest BCUT2D eigenvalue weighted by Gasteiger charge is 2.43. The molecule has 2 aromatic rings. The zero-order chi connectivity index (χ0) is 20.9. The molecule has 0 aromatic heterocycles. The first-order chi connectivity index (χ1) is 13.7. The molecule has 0 bridgehead atoms. The average Bonchev–Trinajstić information content (AvgIpc) is 2.77. The first-order valence-electron chi connectivity index (χ1n) is 9.55. The van der Waals surface area contributed by atoms with Crippen molar-refractivity contribution in [2.24, 2.45) is 5.41 Å². The molecule has 6 heteroatoms. The van der Waals surface area contributed by atoms with Crippen LogP contribution in [0.5, 0.6) is 0 Å². The molecule has 2 aliphatic rings. The van der Waals surface area contributed by atoms with Crippen LogP contribution < -0.4 is 10.2 Å². The number of amides is 1. The van der Waals surface area contributed by atoms with Crippen LogP contribution in [0.2, 0.25) is 10.0 Å². The third kappa shape index (κ3) is 3.45. The van der Waals surface area contributed by atoms with Crippen molar-refractivity contribution in [1.29, 1.82) is 0 Å². The number of anilines is 2. The fraction of sp³-hybridized carbons (Fsp3) is 0.304. The maximum absolute atomic E-state index is 13.4. The number of nitrogens with one attached hydrogen (secondary N) is 1. The van der Waals surface area contributed by atoms with E-state index >= 15 is 0 Å². The van der Waals surface area contributed by atoms with Gasteiger partial charge in [-0.15, -0.1) is 0 Å². The molecule has 1 N–H and O–H groups in total. The molecule has 29 heavy (non-hydrogen) atoms. The van der Waals surface area contributed by atoms with Crippen LogP contribution in [0.3, 0.4) is 0 Å². The predicted molar refractivity (Wildman–Crippen MR) is 117 cm³/mol. The van der Waals surface area contributed by atoms with E-state index in [-0.39, 0.29) is 17.1 Å². The summed E-state index contributed by atoms with van der Waals surface area (Å²) in [6.45, 7) is 5.67. The summed E-state index contributed by atoms with van der Waals surface area (Å²) in [4.78, 5) is 27.9. The zero-order valence-electron chi connectivity index (χ0n) is 16.6. The molecule has 0 radical (unpaired) electrons. The Labute approximate surface area is 180 Å². The molecule has 0 saturated heterocycles. The molecule has 0 spiro atoms. The maximum atomic E-state index is 13.4. The number of fused-ring (bicyclic) bond motifs is 1. The molecular weight excluding hydrogens is 407 g/mol. The summed E-state index contributed by atoms with van der Waals surface area (Å²) >= 11 is 12.9. The van der Waals surface area contributed by atoms with Gasteiger partial charge >= 0.3 is 0 Å². The zero-order valence-corrected chi connectivity index (χ0v) is 18.1. The first-order valence-corrected chi connectivity index (χ1v) is 10.3. The molecule has 1 atom stereocenters. The second-order valence-electron chi connectivity index (χ2n) is 8.41. The number of halogens is 2. The van der Waals surface area contributed by atoms with Gasteiger partial charge in [-0.2, -0.15) is 0 Å². The Morgan fingerprint density at radius 3 is 2.55 bits per heavy atom. The van der Waals surface area contributed by atoms with E-state index in [0.29, 0.717) is 39.7 Å². The number of benzene rings is 2. The lowest BCUT2D eigenvalue weighted by molar-refractivity contribution is -0.118. The topological polar surface area (TPSA) is 49.4 Å². The van der Waals surface area contributed by atoms with Gasteiger partial charge in [-0.3, -0.25) is 14.5 Å². The number of carbonyl (C=O) groups is 2. The van der Waals surface area contributed by atoms with Crippen molar-refractivity contribution >= 4 is 46.3 Å². The van der Waals surface area contributed by atoms with Crippen LogP contribution in [-0.4, -0.2) is 11.7 Å². The SMILES string of the molecule is CC(=O)N1c2ccccc2NC2=C(C(=O)CC(C)(C)C2)C1c1cccc(Cl)c1Cl. The van der Waals surface area contributed by atoms with Gasteiger partial charge < -0.3 is 5.32 Å². The number of hydrogen-bond acceptors (Lipinski definition) is 3. The number of para-hydroxylation sites is 2. The van der Waals surface area contributed by atoms with Crippen molar-refractivity contribution in [3.63, 3.8) is 0 Å². The molecule has 0 saturated carbocycles. The van der Waals surface area contributed by atoms with Gasteiger partial charge in [-0.1, -0.05) is 61.3 Å². The Morgan fingerprint density at radius 1 is 1.10 bits per heavy atom. The summed E-state index contributed by atoms with van der Waals surface area (Å²) in [5, 5.41) is 4.20. The normalized spacial score (nSPS) is 20.5. The standard InChI is InChI=1S/C23H22Cl2N2O2/c1-13(28)27-18-10-5-4-9-16(18)26-17-11-23(2,3)12-19(29)20(17)22(27)14-7-6-8-15(24)21(14)25/h4-10,22,26H,11-12H2,1-3H3. The summed E-state index contributed by atoms with van der Waals surface area (Å²) < 4.78 is 0. The van der Waals surface area contributed by atoms with Crippen molar-refractivity contribution in [3.8, 4) is 0 Å². The lowest BCUT2D eigenvalue weighted by atomic mass is 9.73. The van der Waals surface area contributed by atoms with Crippen LogP contribution >= 0.6 is 23.2 Å². The second-order valence-corrected chi connectivity index (χ2v) is 9.20. The van der Waals surface area contributed by atoms with Gasteiger partial charge in [0, 0.05) is 24.6 Å². The number of hydrogen-bond donors (Lipinski definition) is 1. The Balaban J connectivity index is 2.05. The minimum Gasteiger partial charge on any atom is -0.357 e. The van der Waals surface area contributed by atoms with Crippen molar-refractivity contribution in [1.82, 2.24) is 0 Å². The Hall–Kier alpha value is -2.30. The third-order valence-corrected chi connectivity index (χ3v) is 6.35. The van der Waals surface area contributed by atoms with E-state index in [2.05, 4.69) is 19.2 Å². The largest absolute Gasteiger partial charge is 0.357 e. The van der Waals surface area contributed by atoms with Crippen LogP contribution in [-0.2, 0) is 9.59 Å². The highest BCUT2D eigenvalue weighted by molar-refractivity contribution is 6.42. The van der Waals surface area contributed by atoms with Gasteiger partial charge in [0.1, 0.15) is 0 Å². The van der Waals surface area contributed by atoms with Gasteiger partial charge in [0.05, 0.1) is 27.5 Å². The van der Waals surface area contributed by atoms with Crippen molar-refractivity contribution in [3.05, 3.63) is 69.3 Å². The van der Waals surface area contributed by atoms with E-state index in [4.69, 9.17) is 23.2 Å². The van der Waals surface area contributed by atoms with E-state index in [1.165, 1.54) is 6.92 Å². The Morgan fingerprint density at radius 2 is 1.83 bits per heavy atom. The van der Waals surface area contributed by atoms with Crippen molar-refractivity contribution in [2.75, 3.05) is 10.2 Å². The molecule has 1 unspecified atom stereocenters. The van der Waals surface area contributed by atoms with Gasteiger partial charge in [-0.25, -0.2) is 0 Å². The Kier molecular flexibility index (Phi) is 4.96. The highest BCUT2D eigenvalue weighted by atomic mass is 35.5. The summed E-state index contributed by atoms with van der Waals surface area (Å²) in [6, 6.07) is 12.3. The minimum absolute atomic E-state index is 0.0175. The molecule has 4 nitrogen and oxygen atoms in total. The van der Waals surface area contributed by atoms with Gasteiger partial charge in [0.25, 0.3) is 0 Å². The summed E-state index contributed by atoms with van der Waals surface area (Å²) in [6.07, 6.45) is 1.10. The average molecular weight is 429 g/mol. The highest BCUT2D eigenvalue weighted by Crippen LogP contribution is 2.49. The van der Waals surface area contributed by atoms with Crippen LogP contribution in [0.4, 0.5) is 11.4 Å². The predicted octanol–water partition coefficient (Wildman–Crippen LogP) is 6.16. The summed E-state index contributed by atoms with van der Waals surface area (Å²) in [5.74, 6) is -0.157. The van der Waals surface area contributed by atoms with E-state index in [9.17, 15) is 9.59 Å². The minimum atomic E-state index is -0.645. The fourth-order valence-corrected chi connectivity index (χ4v) is 4.77. The number of allylic oxidation sites excluding steroid dienone is 1. The first kappa shape index (κ1) is 20.0. The van der Waals surface area contributed by atoms with Crippen LogP contribution in [0.25, 0.3) is 0 Å². The van der Waals surface area contributed by atoms with Crippen LogP contribution in [0.15, 0.2) is 53.7 Å². The van der Waals surface area contributed by atoms with Crippen LogP contribution in [0.1, 0.15) is 45.2 Å². The fourth-order valence-electron chi connectivity index (χ4n) is 4.36. The number of rotatable bonds is 1. The quantitative estimate of drug-likeness (QED) is 0.591. The molecule has 1 aliphatic carbocycles. The molecule has 2 aromatic carbocycles. The van der Waals surface area contributed by atoms with Gasteiger partial charge in [0.2, 0.25) is 5.91 Å². The Bertz CT molecular complexity index is 1060. The van der Waals surface area contributed by atoms with E-state index in [0.717, 1.165) is 11.4 Å². The number of ketones is 1. The van der Waals surface area contributed by atoms with Gasteiger partial charge in [0.15, 0.2) is 5.78 Å². The monoisotopic (exact) mass is 428 g/mol. The van der Waals surface area contributed by atoms with Crippen molar-refractivity contribution in [2.45, 2.75) is 39.7 Å². The van der Waals surface area contributed by atoms with E-state index in [1.54, 1.807) is 17.0 Å². The number of nitrogens with zero attached hydrogens (tertiary/aromatic N) is 1. The molecular formula is C23H22Cl2N2O2. The molecule has 1 aliphatic heterocycles.